The Kier molecular flexibility index (Phi) is 2.88. The van der Waals surface area contributed by atoms with Crippen molar-refractivity contribution in [3.63, 3.8) is 0 Å². The predicted octanol–water partition coefficient (Wildman–Crippen LogP) is 2.72. The first-order valence-corrected chi connectivity index (χ1v) is 6.99. The molecule has 1 aromatic carbocycles. The van der Waals surface area contributed by atoms with Gasteiger partial charge in [0.05, 0.1) is 9.26 Å². The highest BCUT2D eigenvalue weighted by atomic mass is 127. The molecule has 0 radical (unpaired) electrons. The minimum absolute atomic E-state index is 0.0632. The van der Waals surface area contributed by atoms with Crippen molar-refractivity contribution in [2.45, 2.75) is 19.3 Å². The SMILES string of the molecule is O=C1C2CCC(C2)C(=O)N1c1cccc(F)c1I. The van der Waals surface area contributed by atoms with Crippen LogP contribution in [0.5, 0.6) is 0 Å². The molecule has 2 fully saturated rings. The number of piperidine rings is 1. The molecule has 0 N–H and O–H groups in total. The molecular formula is C13H11FINO2. The van der Waals surface area contributed by atoms with Crippen LogP contribution in [0.2, 0.25) is 0 Å². The van der Waals surface area contributed by atoms with Gasteiger partial charge < -0.3 is 0 Å². The Morgan fingerprint density at radius 1 is 1.17 bits per heavy atom. The molecule has 2 bridgehead atoms. The summed E-state index contributed by atoms with van der Waals surface area (Å²) in [5.74, 6) is -0.861. The van der Waals surface area contributed by atoms with E-state index in [-0.39, 0.29) is 23.7 Å². The summed E-state index contributed by atoms with van der Waals surface area (Å²) in [5, 5.41) is 0. The maximum absolute atomic E-state index is 13.5. The molecule has 0 spiro atoms. The maximum atomic E-state index is 13.5. The highest BCUT2D eigenvalue weighted by molar-refractivity contribution is 14.1. The van der Waals surface area contributed by atoms with E-state index in [1.165, 1.54) is 17.0 Å². The Labute approximate surface area is 117 Å². The summed E-state index contributed by atoms with van der Waals surface area (Å²) >= 11 is 1.84. The van der Waals surface area contributed by atoms with Gasteiger partial charge in [0.25, 0.3) is 0 Å². The smallest absolute Gasteiger partial charge is 0.236 e. The van der Waals surface area contributed by atoms with Crippen LogP contribution in [0.4, 0.5) is 10.1 Å². The minimum atomic E-state index is -0.397. The zero-order chi connectivity index (χ0) is 12.9. The number of fused-ring (bicyclic) bond motifs is 2. The molecule has 3 nitrogen and oxygen atoms in total. The molecule has 1 saturated carbocycles. The third kappa shape index (κ3) is 1.67. The number of hydrogen-bond donors (Lipinski definition) is 0. The van der Waals surface area contributed by atoms with Crippen molar-refractivity contribution < 1.29 is 14.0 Å². The quantitative estimate of drug-likeness (QED) is 0.571. The predicted molar refractivity (Wildman–Crippen MR) is 72.4 cm³/mol. The number of halogens is 2. The molecular weight excluding hydrogens is 348 g/mol. The minimum Gasteiger partial charge on any atom is -0.274 e. The zero-order valence-corrected chi connectivity index (χ0v) is 11.7. The first kappa shape index (κ1) is 12.1. The molecule has 94 valence electrons. The van der Waals surface area contributed by atoms with Crippen molar-refractivity contribution in [2.75, 3.05) is 4.90 Å². The molecule has 2 amide bonds. The number of carbonyl (C=O) groups excluding carboxylic acids is 2. The van der Waals surface area contributed by atoms with Crippen LogP contribution in [0.15, 0.2) is 18.2 Å². The first-order valence-electron chi connectivity index (χ1n) is 5.91. The number of hydrogen-bond acceptors (Lipinski definition) is 2. The normalized spacial score (nSPS) is 26.9. The van der Waals surface area contributed by atoms with E-state index in [2.05, 4.69) is 0 Å². The number of nitrogens with zero attached hydrogens (tertiary/aromatic N) is 1. The molecule has 3 rings (SSSR count). The number of amides is 2. The van der Waals surface area contributed by atoms with E-state index in [1.807, 2.05) is 22.6 Å². The van der Waals surface area contributed by atoms with Gasteiger partial charge in [-0.15, -0.1) is 0 Å². The molecule has 1 aliphatic carbocycles. The molecule has 1 aliphatic heterocycles. The average Bonchev–Trinajstić information content (AvgIpc) is 2.79. The lowest BCUT2D eigenvalue weighted by molar-refractivity contribution is -0.133. The zero-order valence-electron chi connectivity index (χ0n) is 9.53. The van der Waals surface area contributed by atoms with E-state index in [9.17, 15) is 14.0 Å². The Bertz CT molecular complexity index is 524. The third-order valence-electron chi connectivity index (χ3n) is 3.74. The van der Waals surface area contributed by atoms with Crippen LogP contribution in [0.25, 0.3) is 0 Å². The number of carbonyl (C=O) groups is 2. The molecule has 1 aromatic rings. The number of rotatable bonds is 1. The van der Waals surface area contributed by atoms with Crippen LogP contribution in [0.1, 0.15) is 19.3 Å². The number of anilines is 1. The summed E-state index contributed by atoms with van der Waals surface area (Å²) < 4.78 is 13.9. The molecule has 18 heavy (non-hydrogen) atoms. The largest absolute Gasteiger partial charge is 0.274 e. The summed E-state index contributed by atoms with van der Waals surface area (Å²) in [6.07, 6.45) is 2.22. The monoisotopic (exact) mass is 359 g/mol. The lowest BCUT2D eigenvalue weighted by Gasteiger charge is -2.30. The van der Waals surface area contributed by atoms with Crippen LogP contribution in [0.3, 0.4) is 0 Å². The highest BCUT2D eigenvalue weighted by Crippen LogP contribution is 2.41. The van der Waals surface area contributed by atoms with Gasteiger partial charge in [0.1, 0.15) is 5.82 Å². The number of imide groups is 1. The van der Waals surface area contributed by atoms with E-state index in [1.54, 1.807) is 6.07 Å². The van der Waals surface area contributed by atoms with Crippen LogP contribution in [0, 0.1) is 21.2 Å². The second kappa shape index (κ2) is 4.29. The Hall–Kier alpha value is -0.980. The fourth-order valence-electron chi connectivity index (χ4n) is 2.81. The van der Waals surface area contributed by atoms with Crippen LogP contribution < -0.4 is 4.90 Å². The Morgan fingerprint density at radius 3 is 2.39 bits per heavy atom. The van der Waals surface area contributed by atoms with Crippen molar-refractivity contribution in [3.05, 3.63) is 27.6 Å². The molecule has 1 saturated heterocycles. The number of benzene rings is 1. The molecule has 5 heteroatoms. The fraction of sp³-hybridized carbons (Fsp3) is 0.385. The van der Waals surface area contributed by atoms with Crippen LogP contribution >= 0.6 is 22.6 Å². The summed E-state index contributed by atoms with van der Waals surface area (Å²) in [6, 6.07) is 4.49. The fourth-order valence-corrected chi connectivity index (χ4v) is 3.41. The topological polar surface area (TPSA) is 37.4 Å². The highest BCUT2D eigenvalue weighted by Gasteiger charge is 2.46. The van der Waals surface area contributed by atoms with Gasteiger partial charge in [-0.05, 0) is 54.0 Å². The van der Waals surface area contributed by atoms with Crippen molar-refractivity contribution in [1.82, 2.24) is 0 Å². The van der Waals surface area contributed by atoms with Gasteiger partial charge in [0.2, 0.25) is 11.8 Å². The second-order valence-corrected chi connectivity index (χ2v) is 5.87. The summed E-state index contributed by atoms with van der Waals surface area (Å²) in [7, 11) is 0. The van der Waals surface area contributed by atoms with Crippen molar-refractivity contribution in [1.29, 1.82) is 0 Å². The van der Waals surface area contributed by atoms with E-state index >= 15 is 0 Å². The molecule has 0 aromatic heterocycles. The van der Waals surface area contributed by atoms with Gasteiger partial charge in [-0.2, -0.15) is 0 Å². The van der Waals surface area contributed by atoms with Gasteiger partial charge in [-0.1, -0.05) is 6.07 Å². The van der Waals surface area contributed by atoms with Crippen molar-refractivity contribution >= 4 is 40.1 Å². The lowest BCUT2D eigenvalue weighted by atomic mass is 9.96. The van der Waals surface area contributed by atoms with Gasteiger partial charge >= 0.3 is 0 Å². The standard InChI is InChI=1S/C13H11FINO2/c14-9-2-1-3-10(11(9)15)16-12(17)7-4-5-8(6-7)13(16)18/h1-3,7-8H,4-6H2. The summed E-state index contributed by atoms with van der Waals surface area (Å²) in [4.78, 5) is 25.7. The van der Waals surface area contributed by atoms with Gasteiger partial charge in [0, 0.05) is 11.8 Å². The molecule has 1 heterocycles. The van der Waals surface area contributed by atoms with Gasteiger partial charge in [-0.25, -0.2) is 9.29 Å². The van der Waals surface area contributed by atoms with E-state index in [4.69, 9.17) is 0 Å². The average molecular weight is 359 g/mol. The van der Waals surface area contributed by atoms with E-state index < -0.39 is 5.82 Å². The molecule has 2 atom stereocenters. The lowest BCUT2D eigenvalue weighted by Crippen LogP contribution is -2.46. The van der Waals surface area contributed by atoms with E-state index in [0.717, 1.165) is 12.8 Å². The Balaban J connectivity index is 2.08. The molecule has 2 unspecified atom stereocenters. The van der Waals surface area contributed by atoms with Gasteiger partial charge in [0.15, 0.2) is 0 Å². The van der Waals surface area contributed by atoms with Crippen molar-refractivity contribution in [2.24, 2.45) is 11.8 Å². The summed E-state index contributed by atoms with van der Waals surface area (Å²) in [5.41, 5.74) is 0.391. The second-order valence-electron chi connectivity index (χ2n) is 4.79. The summed E-state index contributed by atoms with van der Waals surface area (Å²) in [6.45, 7) is 0. The van der Waals surface area contributed by atoms with Gasteiger partial charge in [-0.3, -0.25) is 9.59 Å². The van der Waals surface area contributed by atoms with Crippen LogP contribution in [-0.2, 0) is 9.59 Å². The van der Waals surface area contributed by atoms with Crippen LogP contribution in [-0.4, -0.2) is 11.8 Å². The molecule has 2 aliphatic rings. The first-order chi connectivity index (χ1) is 8.59. The van der Waals surface area contributed by atoms with E-state index in [0.29, 0.717) is 15.7 Å². The maximum Gasteiger partial charge on any atom is 0.236 e. The van der Waals surface area contributed by atoms with Crippen molar-refractivity contribution in [3.8, 4) is 0 Å². The Morgan fingerprint density at radius 2 is 1.78 bits per heavy atom. The third-order valence-corrected chi connectivity index (χ3v) is 4.81.